The molecule has 2 atom stereocenters. The number of rotatable bonds is 3. The number of carbonyl (C=O) groups excluding carboxylic acids is 1. The van der Waals surface area contributed by atoms with Gasteiger partial charge in [0.05, 0.1) is 12.6 Å². The van der Waals surface area contributed by atoms with Crippen LogP contribution in [0.25, 0.3) is 0 Å². The lowest BCUT2D eigenvalue weighted by Crippen LogP contribution is -3.17. The molecule has 4 heteroatoms. The van der Waals surface area contributed by atoms with Gasteiger partial charge >= 0.3 is 0 Å². The van der Waals surface area contributed by atoms with Gasteiger partial charge in [-0.1, -0.05) is 0 Å². The van der Waals surface area contributed by atoms with Crippen LogP contribution in [-0.4, -0.2) is 25.0 Å². The van der Waals surface area contributed by atoms with E-state index in [0.717, 1.165) is 6.54 Å². The SMILES string of the molecule is C[C@H]1CCCC[NH+]1CC(=O)Nc1ccc(F)cc1. The fourth-order valence-corrected chi connectivity index (χ4v) is 2.46. The normalized spacial score (nSPS) is 23.7. The topological polar surface area (TPSA) is 33.5 Å². The lowest BCUT2D eigenvalue weighted by atomic mass is 10.0. The summed E-state index contributed by atoms with van der Waals surface area (Å²) >= 11 is 0. The van der Waals surface area contributed by atoms with Crippen LogP contribution in [0.2, 0.25) is 0 Å². The van der Waals surface area contributed by atoms with Crippen molar-refractivity contribution in [2.24, 2.45) is 0 Å². The number of nitrogens with one attached hydrogen (secondary N) is 2. The number of amides is 1. The predicted octanol–water partition coefficient (Wildman–Crippen LogP) is 1.22. The third-order valence-electron chi connectivity index (χ3n) is 3.60. The van der Waals surface area contributed by atoms with Crippen LogP contribution in [0.4, 0.5) is 10.1 Å². The van der Waals surface area contributed by atoms with Gasteiger partial charge in [-0.2, -0.15) is 0 Å². The molecule has 2 N–H and O–H groups in total. The first-order valence-electron chi connectivity index (χ1n) is 6.55. The summed E-state index contributed by atoms with van der Waals surface area (Å²) in [4.78, 5) is 13.2. The Morgan fingerprint density at radius 3 is 2.78 bits per heavy atom. The molecule has 0 bridgehead atoms. The minimum atomic E-state index is -0.289. The van der Waals surface area contributed by atoms with Crippen molar-refractivity contribution >= 4 is 11.6 Å². The molecule has 1 aromatic rings. The summed E-state index contributed by atoms with van der Waals surface area (Å²) in [5, 5.41) is 2.81. The highest BCUT2D eigenvalue weighted by Gasteiger charge is 2.24. The molecule has 0 aromatic heterocycles. The minimum absolute atomic E-state index is 0.00496. The maximum atomic E-state index is 12.7. The number of anilines is 1. The van der Waals surface area contributed by atoms with Crippen LogP contribution < -0.4 is 10.2 Å². The smallest absolute Gasteiger partial charge is 0.279 e. The molecule has 98 valence electrons. The second-order valence-corrected chi connectivity index (χ2v) is 5.04. The Morgan fingerprint density at radius 2 is 2.11 bits per heavy atom. The first-order valence-corrected chi connectivity index (χ1v) is 6.55. The maximum absolute atomic E-state index is 12.7. The van der Waals surface area contributed by atoms with Crippen molar-refractivity contribution in [1.82, 2.24) is 0 Å². The molecule has 1 unspecified atom stereocenters. The average molecular weight is 251 g/mol. The number of piperidine rings is 1. The van der Waals surface area contributed by atoms with E-state index in [2.05, 4.69) is 12.2 Å². The number of quaternary nitrogens is 1. The number of likely N-dealkylation sites (tertiary alicyclic amines) is 1. The third-order valence-corrected chi connectivity index (χ3v) is 3.60. The predicted molar refractivity (Wildman–Crippen MR) is 69.0 cm³/mol. The van der Waals surface area contributed by atoms with Crippen molar-refractivity contribution in [3.05, 3.63) is 30.1 Å². The van der Waals surface area contributed by atoms with Crippen molar-refractivity contribution in [3.63, 3.8) is 0 Å². The van der Waals surface area contributed by atoms with Crippen LogP contribution in [0.1, 0.15) is 26.2 Å². The van der Waals surface area contributed by atoms with Crippen molar-refractivity contribution in [3.8, 4) is 0 Å². The van der Waals surface area contributed by atoms with Crippen LogP contribution in [0, 0.1) is 5.82 Å². The van der Waals surface area contributed by atoms with E-state index in [-0.39, 0.29) is 11.7 Å². The Balaban J connectivity index is 1.86. The van der Waals surface area contributed by atoms with Gasteiger partial charge in [0.25, 0.3) is 5.91 Å². The highest BCUT2D eigenvalue weighted by molar-refractivity contribution is 5.91. The number of benzene rings is 1. The Kier molecular flexibility index (Phi) is 4.31. The molecule has 2 rings (SSSR count). The highest BCUT2D eigenvalue weighted by Crippen LogP contribution is 2.07. The molecule has 1 aliphatic rings. The molecule has 0 saturated carbocycles. The largest absolute Gasteiger partial charge is 0.325 e. The molecule has 18 heavy (non-hydrogen) atoms. The molecule has 0 aliphatic carbocycles. The lowest BCUT2D eigenvalue weighted by Gasteiger charge is -2.29. The zero-order chi connectivity index (χ0) is 13.0. The molecular weight excluding hydrogens is 231 g/mol. The molecular formula is C14H20FN2O+. The monoisotopic (exact) mass is 251 g/mol. The average Bonchev–Trinajstić information content (AvgIpc) is 2.35. The van der Waals surface area contributed by atoms with E-state index < -0.39 is 0 Å². The van der Waals surface area contributed by atoms with Gasteiger partial charge in [-0.05, 0) is 50.5 Å². The number of hydrogen-bond donors (Lipinski definition) is 2. The van der Waals surface area contributed by atoms with Crippen LogP contribution in [-0.2, 0) is 4.79 Å². The second kappa shape index (κ2) is 5.96. The van der Waals surface area contributed by atoms with Gasteiger partial charge < -0.3 is 10.2 Å². The van der Waals surface area contributed by atoms with E-state index in [1.54, 1.807) is 12.1 Å². The van der Waals surface area contributed by atoms with Crippen molar-refractivity contribution in [1.29, 1.82) is 0 Å². The fraction of sp³-hybridized carbons (Fsp3) is 0.500. The summed E-state index contributed by atoms with van der Waals surface area (Å²) in [5.41, 5.74) is 0.658. The molecule has 1 aromatic carbocycles. The molecule has 1 heterocycles. The molecule has 1 aliphatic heterocycles. The van der Waals surface area contributed by atoms with Crippen molar-refractivity contribution in [2.75, 3.05) is 18.4 Å². The summed E-state index contributed by atoms with van der Waals surface area (Å²) in [7, 11) is 0. The first-order chi connectivity index (χ1) is 8.65. The first kappa shape index (κ1) is 13.0. The second-order valence-electron chi connectivity index (χ2n) is 5.04. The fourth-order valence-electron chi connectivity index (χ4n) is 2.46. The van der Waals surface area contributed by atoms with E-state index >= 15 is 0 Å². The van der Waals surface area contributed by atoms with Gasteiger partial charge in [-0.15, -0.1) is 0 Å². The Bertz CT molecular complexity index is 405. The van der Waals surface area contributed by atoms with Gasteiger partial charge in [0.2, 0.25) is 0 Å². The van der Waals surface area contributed by atoms with Crippen LogP contribution >= 0.6 is 0 Å². The third kappa shape index (κ3) is 3.53. The molecule has 1 fully saturated rings. The van der Waals surface area contributed by atoms with E-state index in [9.17, 15) is 9.18 Å². The van der Waals surface area contributed by atoms with E-state index in [1.165, 1.54) is 36.3 Å². The van der Waals surface area contributed by atoms with E-state index in [4.69, 9.17) is 0 Å². The number of halogens is 1. The molecule has 0 radical (unpaired) electrons. The summed E-state index contributed by atoms with van der Waals surface area (Å²) < 4.78 is 12.7. The Morgan fingerprint density at radius 1 is 1.39 bits per heavy atom. The summed E-state index contributed by atoms with van der Waals surface area (Å²) in [6.45, 7) is 3.76. The summed E-state index contributed by atoms with van der Waals surface area (Å²) in [5.74, 6) is -0.284. The molecule has 3 nitrogen and oxygen atoms in total. The zero-order valence-electron chi connectivity index (χ0n) is 10.7. The van der Waals surface area contributed by atoms with E-state index in [0.29, 0.717) is 18.3 Å². The van der Waals surface area contributed by atoms with Crippen LogP contribution in [0.3, 0.4) is 0 Å². The molecule has 1 saturated heterocycles. The standard InChI is InChI=1S/C14H19FN2O/c1-11-4-2-3-9-17(11)10-14(18)16-13-7-5-12(15)6-8-13/h5-8,11H,2-4,9-10H2,1H3,(H,16,18)/p+1/t11-/m0/s1. The summed E-state index contributed by atoms with van der Waals surface area (Å²) in [6, 6.07) is 6.43. The van der Waals surface area contributed by atoms with Gasteiger partial charge in [0.1, 0.15) is 5.82 Å². The van der Waals surface area contributed by atoms with Crippen LogP contribution in [0.15, 0.2) is 24.3 Å². The zero-order valence-corrected chi connectivity index (χ0v) is 10.7. The summed E-state index contributed by atoms with van der Waals surface area (Å²) in [6.07, 6.45) is 3.66. The van der Waals surface area contributed by atoms with Gasteiger partial charge in [0.15, 0.2) is 6.54 Å². The maximum Gasteiger partial charge on any atom is 0.279 e. The lowest BCUT2D eigenvalue weighted by molar-refractivity contribution is -0.920. The van der Waals surface area contributed by atoms with Gasteiger partial charge in [0, 0.05) is 5.69 Å². The quantitative estimate of drug-likeness (QED) is 0.832. The Labute approximate surface area is 107 Å². The van der Waals surface area contributed by atoms with Gasteiger partial charge in [-0.3, -0.25) is 4.79 Å². The van der Waals surface area contributed by atoms with Gasteiger partial charge in [-0.25, -0.2) is 4.39 Å². The highest BCUT2D eigenvalue weighted by atomic mass is 19.1. The van der Waals surface area contributed by atoms with Crippen molar-refractivity contribution in [2.45, 2.75) is 32.2 Å². The minimum Gasteiger partial charge on any atom is -0.325 e. The molecule has 0 spiro atoms. The molecule has 1 amide bonds. The van der Waals surface area contributed by atoms with Crippen molar-refractivity contribution < 1.29 is 14.1 Å². The number of carbonyl (C=O) groups is 1. The van der Waals surface area contributed by atoms with Crippen LogP contribution in [0.5, 0.6) is 0 Å². The Hall–Kier alpha value is -1.42. The number of hydrogen-bond acceptors (Lipinski definition) is 1. The van der Waals surface area contributed by atoms with E-state index in [1.807, 2.05) is 0 Å².